The third-order valence-corrected chi connectivity index (χ3v) is 4.70. The second-order valence-corrected chi connectivity index (χ2v) is 8.43. The lowest BCUT2D eigenvalue weighted by Gasteiger charge is -2.28. The normalized spacial score (nSPS) is 11.1. The summed E-state index contributed by atoms with van der Waals surface area (Å²) in [5.41, 5.74) is 1.94. The number of halogens is 1. The minimum Gasteiger partial charge on any atom is -0.497 e. The number of carbonyl (C=O) groups excluding carboxylic acids is 1. The summed E-state index contributed by atoms with van der Waals surface area (Å²) in [4.78, 5) is 14.8. The molecule has 0 radical (unpaired) electrons. The maximum Gasteiger partial charge on any atom is 0.415 e. The van der Waals surface area contributed by atoms with Gasteiger partial charge < -0.3 is 14.2 Å². The predicted molar refractivity (Wildman–Crippen MR) is 124 cm³/mol. The van der Waals surface area contributed by atoms with Crippen molar-refractivity contribution < 1.29 is 19.0 Å². The van der Waals surface area contributed by atoms with Gasteiger partial charge in [-0.3, -0.25) is 4.90 Å². The lowest BCUT2D eigenvalue weighted by atomic mass is 10.1. The van der Waals surface area contributed by atoms with Crippen LogP contribution in [0.15, 0.2) is 54.6 Å². The molecule has 0 aliphatic carbocycles. The molecule has 1 aromatic heterocycles. The highest BCUT2D eigenvalue weighted by Gasteiger charge is 2.27. The van der Waals surface area contributed by atoms with Gasteiger partial charge in [-0.2, -0.15) is 0 Å². The van der Waals surface area contributed by atoms with E-state index in [0.717, 1.165) is 16.9 Å². The number of anilines is 1. The number of methoxy groups -OCH3 is 2. The number of carbonyl (C=O) groups is 1. The summed E-state index contributed by atoms with van der Waals surface area (Å²) < 4.78 is 16.2. The van der Waals surface area contributed by atoms with Crippen LogP contribution in [0.2, 0.25) is 5.15 Å². The van der Waals surface area contributed by atoms with Crippen molar-refractivity contribution >= 4 is 23.4 Å². The van der Waals surface area contributed by atoms with Gasteiger partial charge in [0.05, 0.1) is 26.5 Å². The number of hydrogen-bond donors (Lipinski definition) is 0. The Morgan fingerprint density at radius 3 is 2.03 bits per heavy atom. The molecule has 0 aliphatic rings. The van der Waals surface area contributed by atoms with Gasteiger partial charge in [0, 0.05) is 11.6 Å². The topological polar surface area (TPSA) is 73.8 Å². The second-order valence-electron chi connectivity index (χ2n) is 8.04. The molecular weight excluding hydrogens is 430 g/mol. The maximum atomic E-state index is 13.2. The summed E-state index contributed by atoms with van der Waals surface area (Å²) in [5, 5.41) is 8.44. The Balaban J connectivity index is 2.07. The van der Waals surface area contributed by atoms with E-state index in [2.05, 4.69) is 10.2 Å². The lowest BCUT2D eigenvalue weighted by Crippen LogP contribution is -2.37. The standard InChI is InChI=1S/C24H26ClN3O4/c1-24(2,3)32-23(29)28(15-16-6-10-18(30-4)11-7-16)20-14-21(25)26-27-22(20)17-8-12-19(31-5)13-9-17/h6-14H,15H2,1-5H3. The summed E-state index contributed by atoms with van der Waals surface area (Å²) in [6, 6.07) is 16.4. The first-order chi connectivity index (χ1) is 15.2. The van der Waals surface area contributed by atoms with Gasteiger partial charge in [0.1, 0.15) is 22.8 Å². The van der Waals surface area contributed by atoms with E-state index in [4.69, 9.17) is 25.8 Å². The number of aromatic nitrogens is 2. The molecular formula is C24H26ClN3O4. The molecule has 0 saturated heterocycles. The van der Waals surface area contributed by atoms with Crippen LogP contribution in [-0.4, -0.2) is 36.1 Å². The highest BCUT2D eigenvalue weighted by Crippen LogP contribution is 2.33. The molecule has 0 atom stereocenters. The van der Waals surface area contributed by atoms with Crippen LogP contribution in [0, 0.1) is 0 Å². The van der Waals surface area contributed by atoms with Crippen molar-refractivity contribution in [1.29, 1.82) is 0 Å². The van der Waals surface area contributed by atoms with E-state index in [-0.39, 0.29) is 11.7 Å². The van der Waals surface area contributed by atoms with Crippen molar-refractivity contribution in [3.05, 3.63) is 65.3 Å². The number of nitrogens with zero attached hydrogens (tertiary/aromatic N) is 3. The molecule has 2 aromatic carbocycles. The number of rotatable bonds is 6. The summed E-state index contributed by atoms with van der Waals surface area (Å²) >= 11 is 6.19. The molecule has 0 saturated carbocycles. The zero-order valence-electron chi connectivity index (χ0n) is 18.8. The van der Waals surface area contributed by atoms with E-state index in [1.54, 1.807) is 20.3 Å². The second kappa shape index (κ2) is 9.87. The molecule has 32 heavy (non-hydrogen) atoms. The Morgan fingerprint density at radius 2 is 1.50 bits per heavy atom. The Kier molecular flexibility index (Phi) is 7.20. The van der Waals surface area contributed by atoms with Gasteiger partial charge in [0.25, 0.3) is 0 Å². The van der Waals surface area contributed by atoms with Crippen LogP contribution in [0.3, 0.4) is 0 Å². The summed E-state index contributed by atoms with van der Waals surface area (Å²) in [7, 11) is 3.20. The molecule has 0 N–H and O–H groups in total. The van der Waals surface area contributed by atoms with Crippen LogP contribution < -0.4 is 14.4 Å². The Labute approximate surface area is 192 Å². The van der Waals surface area contributed by atoms with Crippen LogP contribution in [0.5, 0.6) is 11.5 Å². The van der Waals surface area contributed by atoms with Crippen molar-refractivity contribution in [3.8, 4) is 22.8 Å². The molecule has 0 aliphatic heterocycles. The van der Waals surface area contributed by atoms with Gasteiger partial charge in [-0.15, -0.1) is 10.2 Å². The van der Waals surface area contributed by atoms with Crippen molar-refractivity contribution in [2.75, 3.05) is 19.1 Å². The molecule has 3 rings (SSSR count). The van der Waals surface area contributed by atoms with Crippen LogP contribution in [-0.2, 0) is 11.3 Å². The SMILES string of the molecule is COc1ccc(CN(C(=O)OC(C)(C)C)c2cc(Cl)nnc2-c2ccc(OC)cc2)cc1. The average Bonchev–Trinajstić information content (AvgIpc) is 2.76. The van der Waals surface area contributed by atoms with Gasteiger partial charge >= 0.3 is 6.09 Å². The molecule has 168 valence electrons. The average molecular weight is 456 g/mol. The van der Waals surface area contributed by atoms with Gasteiger partial charge in [-0.05, 0) is 62.7 Å². The van der Waals surface area contributed by atoms with E-state index in [9.17, 15) is 4.79 Å². The minimum atomic E-state index is -0.681. The molecule has 0 spiro atoms. The molecule has 1 amide bonds. The maximum absolute atomic E-state index is 13.2. The molecule has 8 heteroatoms. The monoisotopic (exact) mass is 455 g/mol. The number of benzene rings is 2. The highest BCUT2D eigenvalue weighted by atomic mass is 35.5. The quantitative estimate of drug-likeness (QED) is 0.470. The van der Waals surface area contributed by atoms with E-state index in [1.807, 2.05) is 69.3 Å². The molecule has 0 fully saturated rings. The number of hydrogen-bond acceptors (Lipinski definition) is 6. The molecule has 7 nitrogen and oxygen atoms in total. The molecule has 3 aromatic rings. The van der Waals surface area contributed by atoms with Crippen molar-refractivity contribution in [2.24, 2.45) is 0 Å². The third-order valence-electron chi connectivity index (χ3n) is 4.51. The lowest BCUT2D eigenvalue weighted by molar-refractivity contribution is 0.0577. The zero-order chi connectivity index (χ0) is 23.3. The largest absolute Gasteiger partial charge is 0.497 e. The van der Waals surface area contributed by atoms with E-state index in [0.29, 0.717) is 17.1 Å². The fourth-order valence-electron chi connectivity index (χ4n) is 3.00. The van der Waals surface area contributed by atoms with Crippen molar-refractivity contribution in [3.63, 3.8) is 0 Å². The van der Waals surface area contributed by atoms with Crippen LogP contribution >= 0.6 is 11.6 Å². The van der Waals surface area contributed by atoms with E-state index in [1.165, 1.54) is 4.90 Å². The highest BCUT2D eigenvalue weighted by molar-refractivity contribution is 6.29. The molecule has 1 heterocycles. The zero-order valence-corrected chi connectivity index (χ0v) is 19.5. The Bertz CT molecular complexity index is 1060. The smallest absolute Gasteiger partial charge is 0.415 e. The fraction of sp³-hybridized carbons (Fsp3) is 0.292. The van der Waals surface area contributed by atoms with E-state index >= 15 is 0 Å². The number of ether oxygens (including phenoxy) is 3. The minimum absolute atomic E-state index is 0.167. The number of amides is 1. The summed E-state index contributed by atoms with van der Waals surface area (Å²) in [5.74, 6) is 1.43. The van der Waals surface area contributed by atoms with Gasteiger partial charge in [0.15, 0.2) is 5.15 Å². The van der Waals surface area contributed by atoms with Crippen molar-refractivity contribution in [1.82, 2.24) is 10.2 Å². The van der Waals surface area contributed by atoms with Gasteiger partial charge in [-0.1, -0.05) is 23.7 Å². The van der Waals surface area contributed by atoms with E-state index < -0.39 is 11.7 Å². The summed E-state index contributed by atoms with van der Waals surface area (Å²) in [6.45, 7) is 5.69. The fourth-order valence-corrected chi connectivity index (χ4v) is 3.14. The van der Waals surface area contributed by atoms with Crippen LogP contribution in [0.4, 0.5) is 10.5 Å². The predicted octanol–water partition coefficient (Wildman–Crippen LogP) is 5.76. The third kappa shape index (κ3) is 5.88. The van der Waals surface area contributed by atoms with Gasteiger partial charge in [-0.25, -0.2) is 4.79 Å². The first-order valence-corrected chi connectivity index (χ1v) is 10.4. The summed E-state index contributed by atoms with van der Waals surface area (Å²) in [6.07, 6.45) is -0.521. The Morgan fingerprint density at radius 1 is 0.938 bits per heavy atom. The first kappa shape index (κ1) is 23.3. The molecule has 0 bridgehead atoms. The van der Waals surface area contributed by atoms with Crippen molar-refractivity contribution in [2.45, 2.75) is 32.9 Å². The Hall–Kier alpha value is -3.32. The first-order valence-electron chi connectivity index (χ1n) is 10.0. The van der Waals surface area contributed by atoms with Gasteiger partial charge in [0.2, 0.25) is 0 Å². The van der Waals surface area contributed by atoms with Crippen LogP contribution in [0.25, 0.3) is 11.3 Å². The van der Waals surface area contributed by atoms with Crippen LogP contribution in [0.1, 0.15) is 26.3 Å². The molecule has 0 unspecified atom stereocenters.